The van der Waals surface area contributed by atoms with Crippen molar-refractivity contribution in [2.75, 3.05) is 0 Å². The van der Waals surface area contributed by atoms with Gasteiger partial charge in [-0.05, 0) is 37.6 Å². The zero-order valence-electron chi connectivity index (χ0n) is 11.9. The van der Waals surface area contributed by atoms with E-state index in [1.54, 1.807) is 28.9 Å². The van der Waals surface area contributed by atoms with Crippen molar-refractivity contribution in [3.8, 4) is 6.07 Å². The second-order valence-electron chi connectivity index (χ2n) is 4.61. The lowest BCUT2D eigenvalue weighted by Crippen LogP contribution is -2.24. The number of amides is 1. The van der Waals surface area contributed by atoms with Crippen LogP contribution in [0.4, 0.5) is 0 Å². The van der Waals surface area contributed by atoms with Gasteiger partial charge in [-0.1, -0.05) is 12.1 Å². The van der Waals surface area contributed by atoms with Crippen LogP contribution in [0, 0.1) is 25.2 Å². The van der Waals surface area contributed by atoms with E-state index in [1.165, 1.54) is 6.21 Å². The molecule has 6 heteroatoms. The number of aromatic nitrogens is 2. The van der Waals surface area contributed by atoms with Gasteiger partial charge in [0.2, 0.25) is 0 Å². The largest absolute Gasteiger partial charge is 0.271 e. The first kappa shape index (κ1) is 14.5. The highest BCUT2D eigenvalue weighted by molar-refractivity contribution is 5.82. The molecule has 106 valence electrons. The molecular formula is C15H15N5O. The number of nitrogens with one attached hydrogen (secondary N) is 1. The van der Waals surface area contributed by atoms with Crippen LogP contribution in [0.25, 0.3) is 0 Å². The van der Waals surface area contributed by atoms with Crippen molar-refractivity contribution in [1.29, 1.82) is 5.26 Å². The first-order valence-electron chi connectivity index (χ1n) is 6.41. The molecule has 0 radical (unpaired) electrons. The van der Waals surface area contributed by atoms with E-state index in [0.29, 0.717) is 5.56 Å². The fourth-order valence-corrected chi connectivity index (χ4v) is 1.83. The van der Waals surface area contributed by atoms with E-state index < -0.39 is 0 Å². The van der Waals surface area contributed by atoms with E-state index in [-0.39, 0.29) is 12.5 Å². The summed E-state index contributed by atoms with van der Waals surface area (Å²) in [4.78, 5) is 11.7. The topological polar surface area (TPSA) is 83.1 Å². The van der Waals surface area contributed by atoms with E-state index in [0.717, 1.165) is 17.0 Å². The van der Waals surface area contributed by atoms with Crippen LogP contribution in [0.15, 0.2) is 35.4 Å². The predicted molar refractivity (Wildman–Crippen MR) is 78.6 cm³/mol. The predicted octanol–water partition coefficient (Wildman–Crippen LogP) is 1.52. The first-order chi connectivity index (χ1) is 10.1. The van der Waals surface area contributed by atoms with Gasteiger partial charge in [0.05, 0.1) is 23.5 Å². The number of carbonyl (C=O) groups is 1. The van der Waals surface area contributed by atoms with E-state index >= 15 is 0 Å². The maximum absolute atomic E-state index is 11.7. The highest BCUT2D eigenvalue weighted by Gasteiger charge is 2.05. The number of benzene rings is 1. The second-order valence-corrected chi connectivity index (χ2v) is 4.61. The lowest BCUT2D eigenvalue weighted by Gasteiger charge is -2.02. The van der Waals surface area contributed by atoms with E-state index in [9.17, 15) is 4.79 Å². The van der Waals surface area contributed by atoms with Crippen LogP contribution in [-0.2, 0) is 11.3 Å². The molecule has 2 aromatic rings. The maximum atomic E-state index is 11.7. The number of aryl methyl sites for hydroxylation is 2. The third-order valence-electron chi connectivity index (χ3n) is 2.84. The number of hydrogen-bond acceptors (Lipinski definition) is 4. The summed E-state index contributed by atoms with van der Waals surface area (Å²) in [6.07, 6.45) is 1.53. The van der Waals surface area contributed by atoms with Crippen LogP contribution in [0.2, 0.25) is 0 Å². The molecule has 21 heavy (non-hydrogen) atoms. The Morgan fingerprint density at radius 1 is 1.43 bits per heavy atom. The van der Waals surface area contributed by atoms with E-state index in [1.807, 2.05) is 26.0 Å². The Morgan fingerprint density at radius 2 is 2.14 bits per heavy atom. The third kappa shape index (κ3) is 4.01. The SMILES string of the molecule is Cc1cc(C)n(CC(=O)N/N=C/c2ccc(C#N)cc2)n1. The van der Waals surface area contributed by atoms with Gasteiger partial charge >= 0.3 is 0 Å². The van der Waals surface area contributed by atoms with Gasteiger partial charge in [-0.15, -0.1) is 0 Å². The summed E-state index contributed by atoms with van der Waals surface area (Å²) in [5, 5.41) is 16.8. The second kappa shape index (κ2) is 6.48. The minimum absolute atomic E-state index is 0.129. The van der Waals surface area contributed by atoms with Crippen molar-refractivity contribution in [2.24, 2.45) is 5.10 Å². The molecule has 0 saturated heterocycles. The minimum atomic E-state index is -0.244. The molecule has 0 atom stereocenters. The van der Waals surface area contributed by atoms with Crippen molar-refractivity contribution in [3.05, 3.63) is 52.8 Å². The molecule has 0 aliphatic carbocycles. The monoisotopic (exact) mass is 281 g/mol. The number of carbonyl (C=O) groups excluding carboxylic acids is 1. The normalized spacial score (nSPS) is 10.5. The van der Waals surface area contributed by atoms with Crippen LogP contribution in [0.5, 0.6) is 0 Å². The fourth-order valence-electron chi connectivity index (χ4n) is 1.83. The molecule has 0 aliphatic rings. The Labute approximate surface area is 122 Å². The molecule has 0 bridgehead atoms. The van der Waals surface area contributed by atoms with Crippen LogP contribution in [0.1, 0.15) is 22.5 Å². The molecule has 1 N–H and O–H groups in total. The molecule has 6 nitrogen and oxygen atoms in total. The molecule has 0 aliphatic heterocycles. The Morgan fingerprint density at radius 3 is 2.71 bits per heavy atom. The Kier molecular flexibility index (Phi) is 4.46. The molecule has 1 heterocycles. The van der Waals surface area contributed by atoms with Crippen LogP contribution < -0.4 is 5.43 Å². The highest BCUT2D eigenvalue weighted by atomic mass is 16.2. The summed E-state index contributed by atoms with van der Waals surface area (Å²) < 4.78 is 1.63. The molecule has 2 rings (SSSR count). The molecule has 1 aromatic heterocycles. The summed E-state index contributed by atoms with van der Waals surface area (Å²) in [6, 6.07) is 10.9. The van der Waals surface area contributed by atoms with Gasteiger partial charge in [-0.2, -0.15) is 15.5 Å². The Balaban J connectivity index is 1.90. The minimum Gasteiger partial charge on any atom is -0.271 e. The van der Waals surface area contributed by atoms with E-state index in [2.05, 4.69) is 15.6 Å². The van der Waals surface area contributed by atoms with Gasteiger partial charge in [0.25, 0.3) is 5.91 Å². The van der Waals surface area contributed by atoms with Crippen LogP contribution in [0.3, 0.4) is 0 Å². The fraction of sp³-hybridized carbons (Fsp3) is 0.200. The quantitative estimate of drug-likeness (QED) is 0.681. The standard InChI is InChI=1S/C15H15N5O/c1-11-7-12(2)20(19-11)10-15(21)18-17-9-14-5-3-13(8-16)4-6-14/h3-7,9H,10H2,1-2H3,(H,18,21)/b17-9+. The molecule has 0 saturated carbocycles. The molecule has 0 spiro atoms. The summed E-state index contributed by atoms with van der Waals surface area (Å²) in [5.41, 5.74) is 5.64. The zero-order valence-corrected chi connectivity index (χ0v) is 11.9. The van der Waals surface area contributed by atoms with Crippen molar-refractivity contribution >= 4 is 12.1 Å². The van der Waals surface area contributed by atoms with Crippen molar-refractivity contribution in [2.45, 2.75) is 20.4 Å². The lowest BCUT2D eigenvalue weighted by molar-refractivity contribution is -0.121. The Hall–Kier alpha value is -2.94. The van der Waals surface area contributed by atoms with Gasteiger partial charge < -0.3 is 0 Å². The zero-order chi connectivity index (χ0) is 15.2. The van der Waals surface area contributed by atoms with Gasteiger partial charge in [0, 0.05) is 5.69 Å². The molecular weight excluding hydrogens is 266 g/mol. The lowest BCUT2D eigenvalue weighted by atomic mass is 10.2. The van der Waals surface area contributed by atoms with Crippen molar-refractivity contribution in [1.82, 2.24) is 15.2 Å². The maximum Gasteiger partial charge on any atom is 0.261 e. The molecule has 1 aromatic carbocycles. The summed E-state index contributed by atoms with van der Waals surface area (Å²) >= 11 is 0. The Bertz CT molecular complexity index is 707. The summed E-state index contributed by atoms with van der Waals surface area (Å²) in [7, 11) is 0. The number of nitriles is 1. The third-order valence-corrected chi connectivity index (χ3v) is 2.84. The number of rotatable bonds is 4. The summed E-state index contributed by atoms with van der Waals surface area (Å²) in [5.74, 6) is -0.244. The summed E-state index contributed by atoms with van der Waals surface area (Å²) in [6.45, 7) is 3.90. The average Bonchev–Trinajstić information content (AvgIpc) is 2.77. The van der Waals surface area contributed by atoms with Crippen LogP contribution >= 0.6 is 0 Å². The van der Waals surface area contributed by atoms with Crippen molar-refractivity contribution in [3.63, 3.8) is 0 Å². The number of hydrogen-bond donors (Lipinski definition) is 1. The first-order valence-corrected chi connectivity index (χ1v) is 6.41. The van der Waals surface area contributed by atoms with Gasteiger partial charge in [0.1, 0.15) is 6.54 Å². The van der Waals surface area contributed by atoms with Gasteiger partial charge in [-0.25, -0.2) is 5.43 Å². The molecule has 1 amide bonds. The van der Waals surface area contributed by atoms with Crippen LogP contribution in [-0.4, -0.2) is 21.9 Å². The number of hydrazone groups is 1. The number of nitrogens with zero attached hydrogens (tertiary/aromatic N) is 4. The molecule has 0 fully saturated rings. The van der Waals surface area contributed by atoms with E-state index in [4.69, 9.17) is 5.26 Å². The highest BCUT2D eigenvalue weighted by Crippen LogP contribution is 2.01. The smallest absolute Gasteiger partial charge is 0.261 e. The molecule has 0 unspecified atom stereocenters. The van der Waals surface area contributed by atoms with Gasteiger partial charge in [0.15, 0.2) is 0 Å². The van der Waals surface area contributed by atoms with Gasteiger partial charge in [-0.3, -0.25) is 9.48 Å². The van der Waals surface area contributed by atoms with Crippen molar-refractivity contribution < 1.29 is 4.79 Å². The average molecular weight is 281 g/mol.